The number of hydrogen-bond donors (Lipinski definition) is 2. The highest BCUT2D eigenvalue weighted by Gasteiger charge is 2.42. The Balaban J connectivity index is 0.726. The van der Waals surface area contributed by atoms with Gasteiger partial charge in [0.15, 0.2) is 5.65 Å². The summed E-state index contributed by atoms with van der Waals surface area (Å²) in [6.07, 6.45) is 12.9. The van der Waals surface area contributed by atoms with Crippen LogP contribution in [0.15, 0.2) is 55.0 Å². The number of imide groups is 1. The molecule has 0 bridgehead atoms. The fourth-order valence-electron chi connectivity index (χ4n) is 11.1. The Morgan fingerprint density at radius 2 is 1.56 bits per heavy atom. The first-order valence-corrected chi connectivity index (χ1v) is 22.5. The fourth-order valence-corrected chi connectivity index (χ4v) is 11.1. The molecule has 1 aliphatic carbocycles. The first kappa shape index (κ1) is 39.0. The van der Waals surface area contributed by atoms with E-state index >= 15 is 0 Å². The van der Waals surface area contributed by atoms with E-state index in [0.29, 0.717) is 54.4 Å². The number of aromatic nitrogens is 3. The highest BCUT2D eigenvalue weighted by Crippen LogP contribution is 2.40. The van der Waals surface area contributed by atoms with Crippen molar-refractivity contribution in [1.29, 1.82) is 0 Å². The number of nitrogens with zero attached hydrogens (tertiary/aromatic N) is 9. The summed E-state index contributed by atoms with van der Waals surface area (Å²) >= 11 is 0. The maximum Gasteiger partial charge on any atom is 0.261 e. The number of hydrogen-bond acceptors (Lipinski definition) is 11. The third-order valence-corrected chi connectivity index (χ3v) is 15.0. The Labute approximate surface area is 360 Å². The molecule has 4 aromatic rings. The number of likely N-dealkylation sites (N-methyl/N-ethyl adjacent to an activating group) is 1. The quantitative estimate of drug-likeness (QED) is 0.238. The Morgan fingerprint density at radius 1 is 0.806 bits per heavy atom. The highest BCUT2D eigenvalue weighted by molar-refractivity contribution is 6.10. The summed E-state index contributed by atoms with van der Waals surface area (Å²) in [7, 11) is 2.23. The van der Waals surface area contributed by atoms with Crippen molar-refractivity contribution < 1.29 is 24.0 Å². The lowest BCUT2D eigenvalue weighted by Gasteiger charge is -2.49. The zero-order valence-electron chi connectivity index (χ0n) is 35.2. The number of likely N-dealkylation sites (tertiary alicyclic amines) is 1. The van der Waals surface area contributed by atoms with Crippen LogP contribution in [-0.4, -0.2) is 140 Å². The van der Waals surface area contributed by atoms with Crippen molar-refractivity contribution in [3.63, 3.8) is 0 Å². The molecule has 0 radical (unpaired) electrons. The van der Waals surface area contributed by atoms with Crippen molar-refractivity contribution in [1.82, 2.24) is 39.5 Å². The minimum Gasteiger partial charge on any atom is -0.370 e. The number of rotatable bonds is 9. The topological polar surface area (TPSA) is 159 Å². The van der Waals surface area contributed by atoms with Crippen LogP contribution < -0.4 is 20.4 Å². The molecule has 1 atom stereocenters. The average Bonchev–Trinajstić information content (AvgIpc) is 3.92. The number of benzene rings is 2. The Bertz CT molecular complexity index is 2480. The first-order valence-electron chi connectivity index (χ1n) is 22.5. The maximum atomic E-state index is 14.3. The van der Waals surface area contributed by atoms with Crippen molar-refractivity contribution in [3.05, 3.63) is 82.8 Å². The van der Waals surface area contributed by atoms with E-state index in [1.54, 1.807) is 34.1 Å². The van der Waals surface area contributed by atoms with Gasteiger partial charge in [0.25, 0.3) is 17.7 Å². The monoisotopic (exact) mass is 839 g/mol. The lowest BCUT2D eigenvalue weighted by atomic mass is 9.88. The van der Waals surface area contributed by atoms with Crippen LogP contribution in [0.5, 0.6) is 0 Å². The smallest absolute Gasteiger partial charge is 0.261 e. The molecule has 1 saturated carbocycles. The second-order valence-corrected chi connectivity index (χ2v) is 18.4. The van der Waals surface area contributed by atoms with Crippen LogP contribution in [0.3, 0.4) is 0 Å². The molecular weight excluding hydrogens is 787 g/mol. The summed E-state index contributed by atoms with van der Waals surface area (Å²) in [5.41, 5.74) is 6.87. The fraction of sp³-hybridized carbons (Fsp3) is 0.500. The highest BCUT2D eigenvalue weighted by atomic mass is 16.2. The molecule has 16 heteroatoms. The van der Waals surface area contributed by atoms with Crippen LogP contribution in [0.1, 0.15) is 100.0 Å². The van der Waals surface area contributed by atoms with E-state index in [9.17, 15) is 24.0 Å². The van der Waals surface area contributed by atoms with Crippen LogP contribution in [-0.2, 0) is 22.7 Å². The van der Waals surface area contributed by atoms with E-state index in [1.165, 1.54) is 19.5 Å². The molecular formula is C46H53N11O5. The van der Waals surface area contributed by atoms with E-state index in [-0.39, 0.29) is 36.1 Å². The normalized spacial score (nSPS) is 24.7. The molecule has 16 nitrogen and oxygen atoms in total. The lowest BCUT2D eigenvalue weighted by molar-refractivity contribution is -0.136. The van der Waals surface area contributed by atoms with Gasteiger partial charge in [0, 0.05) is 99.1 Å². The predicted molar refractivity (Wildman–Crippen MR) is 231 cm³/mol. The molecule has 62 heavy (non-hydrogen) atoms. The van der Waals surface area contributed by atoms with E-state index in [0.717, 1.165) is 98.5 Å². The molecule has 7 aliphatic rings. The standard InChI is InChI=1S/C46H53N11O5/c1-51(34-26-54(27-34)33-8-9-35-28(20-33)25-56(45(35)61)39-10-11-41(58)50-44(39)60)30-4-6-32(7-5-30)55-24-29-21-38(49-43(59)37-23-48-57-17-2-14-47-42(37)57)40(22-36(29)46(55)62)53-18-12-31(13-19-53)52-15-3-16-52/h2,8-9,14,17,20-23,30-32,34,39H,3-7,10-13,15-16,18-19,24-27H2,1H3,(H,49,59)(H,50,58,60)/t30-,32-,39?. The van der Waals surface area contributed by atoms with Crippen molar-refractivity contribution in [3.8, 4) is 0 Å². The largest absolute Gasteiger partial charge is 0.370 e. The first-order chi connectivity index (χ1) is 30.2. The summed E-state index contributed by atoms with van der Waals surface area (Å²) < 4.78 is 1.60. The lowest BCUT2D eigenvalue weighted by Crippen LogP contribution is -2.61. The number of anilines is 3. The zero-order chi connectivity index (χ0) is 42.2. The molecule has 322 valence electrons. The van der Waals surface area contributed by atoms with Gasteiger partial charge in [0.05, 0.1) is 17.6 Å². The zero-order valence-corrected chi connectivity index (χ0v) is 35.2. The van der Waals surface area contributed by atoms with Gasteiger partial charge in [-0.1, -0.05) is 0 Å². The minimum atomic E-state index is -0.617. The molecule has 0 spiro atoms. The summed E-state index contributed by atoms with van der Waals surface area (Å²) in [5.74, 6) is -1.01. The molecule has 4 saturated heterocycles. The van der Waals surface area contributed by atoms with Gasteiger partial charge in [-0.05, 0) is 119 Å². The third kappa shape index (κ3) is 6.78. The second kappa shape index (κ2) is 15.5. The minimum absolute atomic E-state index is 0.0872. The van der Waals surface area contributed by atoms with Gasteiger partial charge in [-0.3, -0.25) is 34.2 Å². The van der Waals surface area contributed by atoms with Crippen LogP contribution in [0.25, 0.3) is 5.65 Å². The molecule has 2 N–H and O–H groups in total. The molecule has 6 aliphatic heterocycles. The molecule has 5 fully saturated rings. The average molecular weight is 840 g/mol. The summed E-state index contributed by atoms with van der Waals surface area (Å²) in [6, 6.07) is 12.8. The van der Waals surface area contributed by atoms with Crippen LogP contribution in [0.4, 0.5) is 17.1 Å². The molecule has 11 rings (SSSR count). The molecule has 5 amide bonds. The number of carbonyl (C=O) groups is 5. The van der Waals surface area contributed by atoms with E-state index in [4.69, 9.17) is 0 Å². The van der Waals surface area contributed by atoms with Crippen LogP contribution in [0, 0.1) is 0 Å². The SMILES string of the molecule is CN(C1CN(c2ccc3c(c2)CN(C2CCC(=O)NC2=O)C3=O)C1)[C@H]1CC[C@H](N2Cc3cc(NC(=O)c4cnn5cccnc45)c(N4CCC(N5CCC5)CC4)cc3C2=O)CC1. The van der Waals surface area contributed by atoms with E-state index in [2.05, 4.69) is 58.3 Å². The second-order valence-electron chi connectivity index (χ2n) is 18.4. The molecule has 2 aromatic carbocycles. The summed E-state index contributed by atoms with van der Waals surface area (Å²) in [4.78, 5) is 83.4. The predicted octanol–water partition coefficient (Wildman–Crippen LogP) is 3.50. The van der Waals surface area contributed by atoms with Crippen LogP contribution >= 0.6 is 0 Å². The number of carbonyl (C=O) groups excluding carboxylic acids is 5. The van der Waals surface area contributed by atoms with E-state index in [1.807, 2.05) is 24.3 Å². The van der Waals surface area contributed by atoms with Gasteiger partial charge < -0.3 is 29.8 Å². The molecule has 1 unspecified atom stereocenters. The third-order valence-electron chi connectivity index (χ3n) is 15.0. The van der Waals surface area contributed by atoms with Gasteiger partial charge in [0.1, 0.15) is 11.6 Å². The van der Waals surface area contributed by atoms with Gasteiger partial charge in [0.2, 0.25) is 11.8 Å². The number of piperidine rings is 2. The van der Waals surface area contributed by atoms with Crippen molar-refractivity contribution >= 4 is 52.2 Å². The van der Waals surface area contributed by atoms with Gasteiger partial charge in [-0.15, -0.1) is 0 Å². The molecule has 2 aromatic heterocycles. The van der Waals surface area contributed by atoms with Crippen molar-refractivity contribution in [2.24, 2.45) is 0 Å². The van der Waals surface area contributed by atoms with Crippen molar-refractivity contribution in [2.75, 3.05) is 61.4 Å². The molecule has 8 heterocycles. The van der Waals surface area contributed by atoms with Gasteiger partial charge in [-0.2, -0.15) is 5.10 Å². The Morgan fingerprint density at radius 3 is 2.32 bits per heavy atom. The van der Waals surface area contributed by atoms with Gasteiger partial charge >= 0.3 is 0 Å². The number of nitrogens with one attached hydrogen (secondary N) is 2. The Hall–Kier alpha value is -5.87. The Kier molecular flexibility index (Phi) is 9.74. The summed E-state index contributed by atoms with van der Waals surface area (Å²) in [5, 5.41) is 9.93. The van der Waals surface area contributed by atoms with Crippen molar-refractivity contribution in [2.45, 2.75) is 101 Å². The van der Waals surface area contributed by atoms with Gasteiger partial charge in [-0.25, -0.2) is 9.50 Å². The maximum absolute atomic E-state index is 14.3. The van der Waals surface area contributed by atoms with E-state index < -0.39 is 11.9 Å². The summed E-state index contributed by atoms with van der Waals surface area (Å²) in [6.45, 7) is 6.79. The number of fused-ring (bicyclic) bond motifs is 3. The number of amides is 5. The van der Waals surface area contributed by atoms with Crippen LogP contribution in [0.2, 0.25) is 0 Å².